The highest BCUT2D eigenvalue weighted by Gasteiger charge is 2.35. The number of barbiturate groups is 1. The van der Waals surface area contributed by atoms with E-state index in [1.165, 1.54) is 12.1 Å². The Morgan fingerprint density at radius 2 is 1.93 bits per heavy atom. The fourth-order valence-electron chi connectivity index (χ4n) is 2.62. The number of imide groups is 2. The molecule has 1 saturated heterocycles. The Morgan fingerprint density at radius 3 is 2.63 bits per heavy atom. The number of carboxylic acids is 1. The summed E-state index contributed by atoms with van der Waals surface area (Å²) < 4.78 is 5.12. The van der Waals surface area contributed by atoms with Crippen molar-refractivity contribution < 1.29 is 29.0 Å². The lowest BCUT2D eigenvalue weighted by molar-refractivity contribution is -0.307. The largest absolute Gasteiger partial charge is 0.546 e. The van der Waals surface area contributed by atoms with Crippen molar-refractivity contribution in [3.05, 3.63) is 35.4 Å². The minimum absolute atomic E-state index is 0.182. The molecule has 8 nitrogen and oxygen atoms in total. The Kier molecular flexibility index (Phi) is 7.10. The Balaban J connectivity index is 2.22. The van der Waals surface area contributed by atoms with Gasteiger partial charge in [-0.3, -0.25) is 19.8 Å². The molecule has 1 aromatic carbocycles. The number of rotatable bonds is 9. The molecular weight excluding hydrogens is 352 g/mol. The van der Waals surface area contributed by atoms with Gasteiger partial charge >= 0.3 is 6.03 Å². The number of benzene rings is 1. The van der Waals surface area contributed by atoms with Crippen LogP contribution in [0.15, 0.2) is 29.8 Å². The molecule has 144 valence electrons. The minimum Gasteiger partial charge on any atom is -0.546 e. The van der Waals surface area contributed by atoms with Crippen LogP contribution in [0.4, 0.5) is 4.79 Å². The van der Waals surface area contributed by atoms with Gasteiger partial charge in [0, 0.05) is 12.1 Å². The molecule has 4 amide bonds. The van der Waals surface area contributed by atoms with E-state index in [9.17, 15) is 24.3 Å². The summed E-state index contributed by atoms with van der Waals surface area (Å²) in [5, 5.41) is 12.7. The van der Waals surface area contributed by atoms with Crippen LogP contribution in [-0.4, -0.2) is 41.9 Å². The third-order valence-corrected chi connectivity index (χ3v) is 3.99. The summed E-state index contributed by atoms with van der Waals surface area (Å²) >= 11 is 0. The lowest BCUT2D eigenvalue weighted by atomic mass is 10.1. The molecule has 1 aliphatic rings. The summed E-state index contributed by atoms with van der Waals surface area (Å²) in [6, 6.07) is 5.62. The van der Waals surface area contributed by atoms with Crippen molar-refractivity contribution in [1.29, 1.82) is 0 Å². The molecule has 1 N–H and O–H groups in total. The molecule has 2 rings (SSSR count). The molecule has 0 aromatic heterocycles. The van der Waals surface area contributed by atoms with E-state index in [-0.39, 0.29) is 17.9 Å². The lowest BCUT2D eigenvalue weighted by Gasteiger charge is -2.26. The number of carbonyl (C=O) groups is 4. The van der Waals surface area contributed by atoms with Gasteiger partial charge in [0.15, 0.2) is 0 Å². The van der Waals surface area contributed by atoms with Crippen molar-refractivity contribution in [3.63, 3.8) is 0 Å². The molecule has 27 heavy (non-hydrogen) atoms. The average molecular weight is 373 g/mol. The van der Waals surface area contributed by atoms with Crippen molar-refractivity contribution >= 4 is 29.9 Å². The number of nitrogens with one attached hydrogen (secondary N) is 1. The van der Waals surface area contributed by atoms with Gasteiger partial charge in [-0.25, -0.2) is 4.79 Å². The van der Waals surface area contributed by atoms with Crippen molar-refractivity contribution in [2.75, 3.05) is 13.2 Å². The zero-order valence-corrected chi connectivity index (χ0v) is 15.0. The number of carboxylic acid groups (broad SMARTS) is 1. The maximum absolute atomic E-state index is 12.6. The molecule has 0 atom stereocenters. The van der Waals surface area contributed by atoms with E-state index in [4.69, 9.17) is 4.74 Å². The van der Waals surface area contributed by atoms with E-state index in [1.807, 2.05) is 0 Å². The number of hydrogen-bond donors (Lipinski definition) is 1. The topological polar surface area (TPSA) is 116 Å². The number of hydrogen-bond acceptors (Lipinski definition) is 6. The fourth-order valence-corrected chi connectivity index (χ4v) is 2.62. The van der Waals surface area contributed by atoms with Crippen LogP contribution >= 0.6 is 0 Å². The zero-order valence-electron chi connectivity index (χ0n) is 15.0. The second-order valence-electron chi connectivity index (χ2n) is 6.03. The van der Waals surface area contributed by atoms with Gasteiger partial charge in [-0.15, -0.1) is 0 Å². The molecular formula is C19H21N2O6-. The molecule has 1 fully saturated rings. The molecule has 0 unspecified atom stereocenters. The number of ether oxygens (including phenoxy) is 1. The summed E-state index contributed by atoms with van der Waals surface area (Å²) in [4.78, 5) is 48.3. The predicted molar refractivity (Wildman–Crippen MR) is 94.3 cm³/mol. The number of aliphatic carboxylic acids is 1. The lowest BCUT2D eigenvalue weighted by Crippen LogP contribution is -2.54. The fraction of sp³-hybridized carbons (Fsp3) is 0.368. The van der Waals surface area contributed by atoms with Crippen molar-refractivity contribution in [2.45, 2.75) is 32.6 Å². The summed E-state index contributed by atoms with van der Waals surface area (Å²) in [5.74, 6) is -2.70. The highest BCUT2D eigenvalue weighted by molar-refractivity contribution is 6.31. The van der Waals surface area contributed by atoms with Crippen LogP contribution in [0.2, 0.25) is 0 Å². The molecule has 0 saturated carbocycles. The van der Waals surface area contributed by atoms with Crippen LogP contribution in [0.5, 0.6) is 5.75 Å². The molecule has 0 spiro atoms. The van der Waals surface area contributed by atoms with E-state index in [2.05, 4.69) is 12.2 Å². The first-order chi connectivity index (χ1) is 12.9. The van der Waals surface area contributed by atoms with Gasteiger partial charge in [-0.2, -0.15) is 0 Å². The van der Waals surface area contributed by atoms with Gasteiger partial charge in [0.2, 0.25) is 0 Å². The van der Waals surface area contributed by atoms with Gasteiger partial charge in [-0.1, -0.05) is 44.4 Å². The monoisotopic (exact) mass is 373 g/mol. The average Bonchev–Trinajstić information content (AvgIpc) is 2.63. The second-order valence-corrected chi connectivity index (χ2v) is 6.03. The second kappa shape index (κ2) is 9.51. The van der Waals surface area contributed by atoms with Crippen LogP contribution < -0.4 is 15.2 Å². The minimum atomic E-state index is -1.40. The van der Waals surface area contributed by atoms with Crippen molar-refractivity contribution in [3.8, 4) is 5.75 Å². The van der Waals surface area contributed by atoms with Gasteiger partial charge in [-0.05, 0) is 18.6 Å². The van der Waals surface area contributed by atoms with Gasteiger partial charge in [0.25, 0.3) is 11.8 Å². The zero-order chi connectivity index (χ0) is 19.8. The SMILES string of the molecule is CCCCCCN1C(=O)NC(=O)/C(=C/c2ccccc2OCC(=O)[O-])C1=O. The molecule has 1 aromatic rings. The van der Waals surface area contributed by atoms with Crippen LogP contribution in [0.3, 0.4) is 0 Å². The third-order valence-electron chi connectivity index (χ3n) is 3.99. The van der Waals surface area contributed by atoms with E-state index in [1.54, 1.807) is 18.2 Å². The summed E-state index contributed by atoms with van der Waals surface area (Å²) in [6.07, 6.45) is 4.83. The van der Waals surface area contributed by atoms with Crippen molar-refractivity contribution in [1.82, 2.24) is 10.2 Å². The standard InChI is InChI=1S/C19H22N2O6/c1-2-3-4-7-10-21-18(25)14(17(24)20-19(21)26)11-13-8-5-6-9-15(13)27-12-16(22)23/h5-6,8-9,11H,2-4,7,10,12H2,1H3,(H,22,23)(H,20,24,26)/p-1/b14-11-. The Morgan fingerprint density at radius 1 is 1.19 bits per heavy atom. The van der Waals surface area contributed by atoms with Crippen LogP contribution in [-0.2, 0) is 14.4 Å². The quantitative estimate of drug-likeness (QED) is 0.390. The molecule has 1 aliphatic heterocycles. The van der Waals surface area contributed by atoms with Gasteiger partial charge < -0.3 is 14.6 Å². The Bertz CT molecular complexity index is 771. The number of amides is 4. The first-order valence-corrected chi connectivity index (χ1v) is 8.74. The third kappa shape index (κ3) is 5.40. The van der Waals surface area contributed by atoms with Crippen LogP contribution in [0.25, 0.3) is 6.08 Å². The van der Waals surface area contributed by atoms with Gasteiger partial charge in [0.05, 0.1) is 5.97 Å². The van der Waals surface area contributed by atoms with Crippen molar-refractivity contribution in [2.24, 2.45) is 0 Å². The van der Waals surface area contributed by atoms with E-state index in [0.29, 0.717) is 12.0 Å². The van der Waals surface area contributed by atoms with E-state index >= 15 is 0 Å². The number of carbonyl (C=O) groups excluding carboxylic acids is 4. The summed E-state index contributed by atoms with van der Waals surface area (Å²) in [5.41, 5.74) is 0.132. The van der Waals surface area contributed by atoms with E-state index < -0.39 is 30.4 Å². The first kappa shape index (κ1) is 20.2. The Hall–Kier alpha value is -3.16. The predicted octanol–water partition coefficient (Wildman–Crippen LogP) is 0.857. The maximum atomic E-state index is 12.6. The highest BCUT2D eigenvalue weighted by atomic mass is 16.5. The highest BCUT2D eigenvalue weighted by Crippen LogP contribution is 2.23. The molecule has 0 aliphatic carbocycles. The smallest absolute Gasteiger partial charge is 0.331 e. The number of nitrogens with zero attached hydrogens (tertiary/aromatic N) is 1. The molecule has 1 heterocycles. The molecule has 0 bridgehead atoms. The van der Waals surface area contributed by atoms with Gasteiger partial charge in [0.1, 0.15) is 17.9 Å². The number of unbranched alkanes of at least 4 members (excludes halogenated alkanes) is 3. The van der Waals surface area contributed by atoms with Crippen LogP contribution in [0.1, 0.15) is 38.2 Å². The maximum Gasteiger partial charge on any atom is 0.331 e. The Labute approximate surface area is 156 Å². The normalized spacial score (nSPS) is 15.8. The number of para-hydroxylation sites is 1. The van der Waals surface area contributed by atoms with E-state index in [0.717, 1.165) is 24.2 Å². The summed E-state index contributed by atoms with van der Waals surface area (Å²) in [6.45, 7) is 1.61. The molecule has 8 heteroatoms. The molecule has 0 radical (unpaired) electrons. The number of urea groups is 1. The summed E-state index contributed by atoms with van der Waals surface area (Å²) in [7, 11) is 0. The first-order valence-electron chi connectivity index (χ1n) is 8.74. The van der Waals surface area contributed by atoms with Crippen LogP contribution in [0, 0.1) is 0 Å².